The maximum atomic E-state index is 11.0. The Morgan fingerprint density at radius 1 is 1.54 bits per heavy atom. The molecule has 66 valence electrons. The summed E-state index contributed by atoms with van der Waals surface area (Å²) in [6.45, 7) is 1.73. The highest BCUT2D eigenvalue weighted by Crippen LogP contribution is 2.00. The molecule has 1 aromatic rings. The molecule has 0 N–H and O–H groups in total. The number of methoxy groups -OCH3 is 1. The minimum atomic E-state index is -0.386. The van der Waals surface area contributed by atoms with Crippen molar-refractivity contribution in [3.8, 4) is 11.8 Å². The van der Waals surface area contributed by atoms with Crippen molar-refractivity contribution >= 4 is 5.97 Å². The molecule has 0 spiro atoms. The van der Waals surface area contributed by atoms with Crippen LogP contribution in [0.1, 0.15) is 23.0 Å². The third-order valence-electron chi connectivity index (χ3n) is 1.44. The molecule has 0 aliphatic rings. The van der Waals surface area contributed by atoms with Crippen molar-refractivity contribution in [1.29, 1.82) is 0 Å². The molecule has 0 saturated heterocycles. The summed E-state index contributed by atoms with van der Waals surface area (Å²) in [5.74, 6) is 5.11. The van der Waals surface area contributed by atoms with Crippen molar-refractivity contribution in [3.05, 3.63) is 29.6 Å². The van der Waals surface area contributed by atoms with Crippen LogP contribution in [0.4, 0.5) is 0 Å². The number of pyridine rings is 1. The molecule has 0 aromatic carbocycles. The minimum Gasteiger partial charge on any atom is -0.465 e. The quantitative estimate of drug-likeness (QED) is 0.476. The second-order valence-electron chi connectivity index (χ2n) is 2.30. The second kappa shape index (κ2) is 4.27. The molecule has 3 nitrogen and oxygen atoms in total. The molecule has 1 heterocycles. The lowest BCUT2D eigenvalue weighted by Crippen LogP contribution is -2.01. The standard InChI is InChI=1S/C10H9NO2/c1-3-4-9-6-5-8(7-11-9)10(12)13-2/h5-7H,1-2H3. The molecule has 1 rings (SSSR count). The fourth-order valence-electron chi connectivity index (χ4n) is 0.834. The Balaban J connectivity index is 2.91. The molecule has 0 atom stereocenters. The summed E-state index contributed by atoms with van der Waals surface area (Å²) < 4.78 is 4.52. The molecule has 0 bridgehead atoms. The van der Waals surface area contributed by atoms with Crippen LogP contribution in [0.25, 0.3) is 0 Å². The van der Waals surface area contributed by atoms with E-state index < -0.39 is 0 Å². The van der Waals surface area contributed by atoms with Gasteiger partial charge in [0.2, 0.25) is 0 Å². The van der Waals surface area contributed by atoms with Crippen molar-refractivity contribution in [1.82, 2.24) is 4.98 Å². The van der Waals surface area contributed by atoms with Crippen molar-refractivity contribution in [2.75, 3.05) is 7.11 Å². The monoisotopic (exact) mass is 175 g/mol. The topological polar surface area (TPSA) is 39.2 Å². The van der Waals surface area contributed by atoms with Crippen LogP contribution in [0.5, 0.6) is 0 Å². The Labute approximate surface area is 76.8 Å². The van der Waals surface area contributed by atoms with Crippen LogP contribution in [0.3, 0.4) is 0 Å². The van der Waals surface area contributed by atoms with Gasteiger partial charge in [-0.1, -0.05) is 5.92 Å². The normalized spacial score (nSPS) is 8.46. The first-order chi connectivity index (χ1) is 6.27. The number of carbonyl (C=O) groups is 1. The number of rotatable bonds is 1. The third-order valence-corrected chi connectivity index (χ3v) is 1.44. The van der Waals surface area contributed by atoms with Gasteiger partial charge in [0, 0.05) is 6.20 Å². The van der Waals surface area contributed by atoms with Crippen molar-refractivity contribution < 1.29 is 9.53 Å². The van der Waals surface area contributed by atoms with Gasteiger partial charge in [-0.25, -0.2) is 9.78 Å². The van der Waals surface area contributed by atoms with Crippen LogP contribution >= 0.6 is 0 Å². The van der Waals surface area contributed by atoms with E-state index in [-0.39, 0.29) is 5.97 Å². The fraction of sp³-hybridized carbons (Fsp3) is 0.200. The SMILES string of the molecule is CC#Cc1ccc(C(=O)OC)cn1. The highest BCUT2D eigenvalue weighted by molar-refractivity contribution is 5.88. The highest BCUT2D eigenvalue weighted by Gasteiger charge is 2.03. The summed E-state index contributed by atoms with van der Waals surface area (Å²) in [6, 6.07) is 3.32. The molecule has 0 unspecified atom stereocenters. The van der Waals surface area contributed by atoms with E-state index in [1.807, 2.05) is 0 Å². The van der Waals surface area contributed by atoms with Gasteiger partial charge in [0.05, 0.1) is 12.7 Å². The largest absolute Gasteiger partial charge is 0.465 e. The number of carbonyl (C=O) groups excluding carboxylic acids is 1. The summed E-state index contributed by atoms with van der Waals surface area (Å²) in [4.78, 5) is 14.9. The lowest BCUT2D eigenvalue weighted by Gasteiger charge is -1.97. The number of ether oxygens (including phenoxy) is 1. The first kappa shape index (κ1) is 9.27. The van der Waals surface area contributed by atoms with Gasteiger partial charge in [0.15, 0.2) is 0 Å². The Morgan fingerprint density at radius 2 is 2.31 bits per heavy atom. The summed E-state index contributed by atoms with van der Waals surface area (Å²) in [5, 5.41) is 0. The van der Waals surface area contributed by atoms with Crippen LogP contribution in [0.2, 0.25) is 0 Å². The van der Waals surface area contributed by atoms with E-state index in [1.165, 1.54) is 13.3 Å². The summed E-state index contributed by atoms with van der Waals surface area (Å²) in [5.41, 5.74) is 1.08. The summed E-state index contributed by atoms with van der Waals surface area (Å²) in [7, 11) is 1.34. The lowest BCUT2D eigenvalue weighted by molar-refractivity contribution is 0.0600. The molecule has 0 saturated carbocycles. The molecule has 0 fully saturated rings. The number of esters is 1. The zero-order valence-electron chi connectivity index (χ0n) is 7.50. The van der Waals surface area contributed by atoms with E-state index in [4.69, 9.17) is 0 Å². The zero-order chi connectivity index (χ0) is 9.68. The molecule has 3 heteroatoms. The van der Waals surface area contributed by atoms with E-state index in [0.717, 1.165) is 0 Å². The van der Waals surface area contributed by atoms with Crippen LogP contribution in [0.15, 0.2) is 18.3 Å². The number of hydrogen-bond donors (Lipinski definition) is 0. The third kappa shape index (κ3) is 2.31. The first-order valence-electron chi connectivity index (χ1n) is 3.75. The maximum Gasteiger partial charge on any atom is 0.339 e. The Bertz CT molecular complexity index is 357. The molecular weight excluding hydrogens is 166 g/mol. The van der Waals surface area contributed by atoms with E-state index in [2.05, 4.69) is 21.6 Å². The smallest absolute Gasteiger partial charge is 0.339 e. The van der Waals surface area contributed by atoms with Gasteiger partial charge in [-0.3, -0.25) is 0 Å². The van der Waals surface area contributed by atoms with Crippen LogP contribution in [0, 0.1) is 11.8 Å². The van der Waals surface area contributed by atoms with Crippen molar-refractivity contribution in [3.63, 3.8) is 0 Å². The molecule has 13 heavy (non-hydrogen) atoms. The molecule has 0 radical (unpaired) electrons. The van der Waals surface area contributed by atoms with E-state index in [9.17, 15) is 4.79 Å². The van der Waals surface area contributed by atoms with Crippen LogP contribution in [-0.2, 0) is 4.74 Å². The molecular formula is C10H9NO2. The first-order valence-corrected chi connectivity index (χ1v) is 3.75. The second-order valence-corrected chi connectivity index (χ2v) is 2.30. The van der Waals surface area contributed by atoms with Gasteiger partial charge in [0.25, 0.3) is 0 Å². The molecule has 0 amide bonds. The van der Waals surface area contributed by atoms with Gasteiger partial charge in [-0.05, 0) is 25.0 Å². The van der Waals surface area contributed by atoms with Gasteiger partial charge < -0.3 is 4.74 Å². The Kier molecular flexibility index (Phi) is 3.04. The highest BCUT2D eigenvalue weighted by atomic mass is 16.5. The van der Waals surface area contributed by atoms with Gasteiger partial charge in [-0.2, -0.15) is 0 Å². The molecule has 0 aliphatic heterocycles. The number of nitrogens with zero attached hydrogens (tertiary/aromatic N) is 1. The minimum absolute atomic E-state index is 0.386. The Hall–Kier alpha value is -1.82. The predicted octanol–water partition coefficient (Wildman–Crippen LogP) is 1.24. The molecule has 0 aliphatic carbocycles. The average Bonchev–Trinajstić information content (AvgIpc) is 2.18. The average molecular weight is 175 g/mol. The van der Waals surface area contributed by atoms with Gasteiger partial charge in [0.1, 0.15) is 5.69 Å². The zero-order valence-corrected chi connectivity index (χ0v) is 7.50. The predicted molar refractivity (Wildman–Crippen MR) is 48.1 cm³/mol. The number of hydrogen-bond acceptors (Lipinski definition) is 3. The van der Waals surface area contributed by atoms with Gasteiger partial charge in [-0.15, -0.1) is 0 Å². The summed E-state index contributed by atoms with van der Waals surface area (Å²) in [6.07, 6.45) is 1.45. The number of aromatic nitrogens is 1. The van der Waals surface area contributed by atoms with Crippen LogP contribution < -0.4 is 0 Å². The maximum absolute atomic E-state index is 11.0. The molecule has 1 aromatic heterocycles. The Morgan fingerprint density at radius 3 is 2.77 bits per heavy atom. The van der Waals surface area contributed by atoms with Crippen molar-refractivity contribution in [2.24, 2.45) is 0 Å². The van der Waals surface area contributed by atoms with E-state index in [1.54, 1.807) is 19.1 Å². The van der Waals surface area contributed by atoms with E-state index >= 15 is 0 Å². The summed E-state index contributed by atoms with van der Waals surface area (Å²) >= 11 is 0. The van der Waals surface area contributed by atoms with E-state index in [0.29, 0.717) is 11.3 Å². The van der Waals surface area contributed by atoms with Crippen molar-refractivity contribution in [2.45, 2.75) is 6.92 Å². The van der Waals surface area contributed by atoms with Crippen LogP contribution in [-0.4, -0.2) is 18.1 Å². The fourth-order valence-corrected chi connectivity index (χ4v) is 0.834. The van der Waals surface area contributed by atoms with Gasteiger partial charge >= 0.3 is 5.97 Å². The lowest BCUT2D eigenvalue weighted by atomic mass is 10.2.